The zero-order chi connectivity index (χ0) is 12.3. The van der Waals surface area contributed by atoms with Gasteiger partial charge in [-0.2, -0.15) is 0 Å². The van der Waals surface area contributed by atoms with Crippen molar-refractivity contribution in [1.29, 1.82) is 0 Å². The van der Waals surface area contributed by atoms with Gasteiger partial charge in [0.2, 0.25) is 11.9 Å². The molecule has 0 unspecified atom stereocenters. The molecule has 0 bridgehead atoms. The second kappa shape index (κ2) is 5.18. The number of nitrogens with zero attached hydrogens (tertiary/aromatic N) is 2. The van der Waals surface area contributed by atoms with Crippen molar-refractivity contribution in [2.24, 2.45) is 10.7 Å². The van der Waals surface area contributed by atoms with Crippen LogP contribution in [0.1, 0.15) is 6.92 Å². The molecule has 1 aromatic rings. The first kappa shape index (κ1) is 12.8. The highest BCUT2D eigenvalue weighted by atomic mass is 35.5. The van der Waals surface area contributed by atoms with Gasteiger partial charge in [0.15, 0.2) is 0 Å². The van der Waals surface area contributed by atoms with Crippen molar-refractivity contribution in [2.75, 3.05) is 7.05 Å². The minimum Gasteiger partial charge on any atom is -0.369 e. The molecule has 1 rings (SSSR count). The first-order chi connectivity index (χ1) is 7.43. The lowest BCUT2D eigenvalue weighted by atomic mass is 10.3. The second-order valence-corrected chi connectivity index (χ2v) is 3.93. The lowest BCUT2D eigenvalue weighted by molar-refractivity contribution is -0.124. The normalized spacial score (nSPS) is 11.4. The number of hydrogen-bond acceptors (Lipinski definition) is 2. The van der Waals surface area contributed by atoms with Crippen LogP contribution in [-0.2, 0) is 4.79 Å². The molecule has 0 aromatic heterocycles. The smallest absolute Gasteiger partial charge is 0.225 e. The van der Waals surface area contributed by atoms with Gasteiger partial charge in [0.05, 0.1) is 10.0 Å². The van der Waals surface area contributed by atoms with Crippen LogP contribution in [0, 0.1) is 0 Å². The van der Waals surface area contributed by atoms with Gasteiger partial charge in [-0.1, -0.05) is 29.3 Å². The molecule has 0 aliphatic heterocycles. The van der Waals surface area contributed by atoms with Crippen LogP contribution in [-0.4, -0.2) is 23.8 Å². The lowest BCUT2D eigenvalue weighted by Crippen LogP contribution is -2.37. The number of benzene rings is 1. The number of carbonyl (C=O) groups excluding carboxylic acids is 1. The average Bonchev–Trinajstić information content (AvgIpc) is 2.22. The molecule has 0 atom stereocenters. The molecule has 0 saturated heterocycles. The number of hydrogen-bond donors (Lipinski definition) is 1. The summed E-state index contributed by atoms with van der Waals surface area (Å²) >= 11 is 11.8. The van der Waals surface area contributed by atoms with E-state index in [1.807, 2.05) is 0 Å². The van der Waals surface area contributed by atoms with Crippen molar-refractivity contribution in [2.45, 2.75) is 6.92 Å². The van der Waals surface area contributed by atoms with Crippen LogP contribution < -0.4 is 5.73 Å². The molecule has 0 fully saturated rings. The minimum absolute atomic E-state index is 0.0440. The molecule has 1 amide bonds. The number of rotatable bonds is 1. The highest BCUT2D eigenvalue weighted by molar-refractivity contribution is 6.38. The van der Waals surface area contributed by atoms with Crippen LogP contribution >= 0.6 is 23.2 Å². The molecule has 6 heteroatoms. The third-order valence-electron chi connectivity index (χ3n) is 1.98. The topological polar surface area (TPSA) is 58.7 Å². The van der Waals surface area contributed by atoms with E-state index in [0.717, 1.165) is 0 Å². The van der Waals surface area contributed by atoms with Gasteiger partial charge in [-0.15, -0.1) is 0 Å². The molecule has 2 N–H and O–H groups in total. The summed E-state index contributed by atoms with van der Waals surface area (Å²) < 4.78 is 0. The van der Waals surface area contributed by atoms with Crippen LogP contribution in [0.15, 0.2) is 23.2 Å². The summed E-state index contributed by atoms with van der Waals surface area (Å²) in [6.07, 6.45) is 0. The number of para-hydroxylation sites is 1. The Labute approximate surface area is 104 Å². The summed E-state index contributed by atoms with van der Waals surface area (Å²) in [6, 6.07) is 5.00. The van der Waals surface area contributed by atoms with E-state index in [1.165, 1.54) is 18.9 Å². The molecule has 0 heterocycles. The molecule has 1 aromatic carbocycles. The first-order valence-electron chi connectivity index (χ1n) is 4.46. The molecular weight excluding hydrogens is 249 g/mol. The van der Waals surface area contributed by atoms with Gasteiger partial charge in [0.1, 0.15) is 5.69 Å². The first-order valence-corrected chi connectivity index (χ1v) is 5.21. The van der Waals surface area contributed by atoms with E-state index in [-0.39, 0.29) is 11.9 Å². The van der Waals surface area contributed by atoms with Gasteiger partial charge in [0, 0.05) is 14.0 Å². The third kappa shape index (κ3) is 2.87. The van der Waals surface area contributed by atoms with Crippen LogP contribution in [0.25, 0.3) is 0 Å². The van der Waals surface area contributed by atoms with Gasteiger partial charge in [-0.3, -0.25) is 9.69 Å². The van der Waals surface area contributed by atoms with E-state index in [4.69, 9.17) is 28.9 Å². The molecule has 0 saturated carbocycles. The van der Waals surface area contributed by atoms with E-state index in [2.05, 4.69) is 4.99 Å². The Hall–Kier alpha value is -1.26. The van der Waals surface area contributed by atoms with Crippen molar-refractivity contribution in [1.82, 2.24) is 4.90 Å². The fourth-order valence-corrected chi connectivity index (χ4v) is 1.43. The van der Waals surface area contributed by atoms with E-state index in [0.29, 0.717) is 15.7 Å². The predicted octanol–water partition coefficient (Wildman–Crippen LogP) is 2.42. The average molecular weight is 260 g/mol. The second-order valence-electron chi connectivity index (χ2n) is 3.12. The quantitative estimate of drug-likeness (QED) is 0.622. The largest absolute Gasteiger partial charge is 0.369 e. The van der Waals surface area contributed by atoms with Crippen molar-refractivity contribution in [3.63, 3.8) is 0 Å². The predicted molar refractivity (Wildman–Crippen MR) is 66.2 cm³/mol. The van der Waals surface area contributed by atoms with Crippen molar-refractivity contribution >= 4 is 40.8 Å². The number of carbonyl (C=O) groups is 1. The van der Waals surface area contributed by atoms with Crippen molar-refractivity contribution < 1.29 is 4.79 Å². The molecule has 0 aliphatic rings. The Balaban J connectivity index is 3.12. The Morgan fingerprint density at radius 2 is 1.88 bits per heavy atom. The molecule has 86 valence electrons. The van der Waals surface area contributed by atoms with Gasteiger partial charge in [-0.25, -0.2) is 4.99 Å². The molecule has 16 heavy (non-hydrogen) atoms. The number of guanidine groups is 1. The minimum atomic E-state index is -0.218. The molecule has 0 spiro atoms. The van der Waals surface area contributed by atoms with Gasteiger partial charge in [0.25, 0.3) is 0 Å². The maximum atomic E-state index is 11.0. The van der Waals surface area contributed by atoms with E-state index >= 15 is 0 Å². The van der Waals surface area contributed by atoms with Gasteiger partial charge < -0.3 is 5.73 Å². The number of aliphatic imine (C=N–C) groups is 1. The van der Waals surface area contributed by atoms with E-state index in [9.17, 15) is 4.79 Å². The van der Waals surface area contributed by atoms with E-state index < -0.39 is 0 Å². The van der Waals surface area contributed by atoms with Crippen LogP contribution in [0.5, 0.6) is 0 Å². The summed E-state index contributed by atoms with van der Waals surface area (Å²) in [4.78, 5) is 16.3. The zero-order valence-corrected chi connectivity index (χ0v) is 10.4. The summed E-state index contributed by atoms with van der Waals surface area (Å²) in [6.45, 7) is 1.39. The number of halogens is 2. The maximum Gasteiger partial charge on any atom is 0.225 e. The van der Waals surface area contributed by atoms with Crippen LogP contribution in [0.3, 0.4) is 0 Å². The number of nitrogens with two attached hydrogens (primary N) is 1. The summed E-state index contributed by atoms with van der Waals surface area (Å²) in [5.41, 5.74) is 5.98. The third-order valence-corrected chi connectivity index (χ3v) is 2.59. The summed E-state index contributed by atoms with van der Waals surface area (Å²) in [7, 11) is 1.52. The number of amides is 1. The Bertz CT molecular complexity index is 425. The molecule has 4 nitrogen and oxygen atoms in total. The molecular formula is C10H11Cl2N3O. The van der Waals surface area contributed by atoms with Crippen LogP contribution in [0.4, 0.5) is 5.69 Å². The summed E-state index contributed by atoms with van der Waals surface area (Å²) in [5.74, 6) is -0.174. The molecule has 0 radical (unpaired) electrons. The fraction of sp³-hybridized carbons (Fsp3) is 0.200. The lowest BCUT2D eigenvalue weighted by Gasteiger charge is -2.13. The Morgan fingerprint density at radius 3 is 2.31 bits per heavy atom. The van der Waals surface area contributed by atoms with Gasteiger partial charge >= 0.3 is 0 Å². The highest BCUT2D eigenvalue weighted by Crippen LogP contribution is 2.32. The van der Waals surface area contributed by atoms with Crippen molar-refractivity contribution in [3.8, 4) is 0 Å². The summed E-state index contributed by atoms with van der Waals surface area (Å²) in [5, 5.41) is 0.764. The van der Waals surface area contributed by atoms with Gasteiger partial charge in [-0.05, 0) is 12.1 Å². The molecule has 0 aliphatic carbocycles. The standard InChI is InChI=1S/C10H11Cl2N3O/c1-6(16)15(2)10(13)14-9-7(11)4-3-5-8(9)12/h3-5H,1-2H3,(H2,13,14). The van der Waals surface area contributed by atoms with Crippen molar-refractivity contribution in [3.05, 3.63) is 28.2 Å². The van der Waals surface area contributed by atoms with Crippen LogP contribution in [0.2, 0.25) is 10.0 Å². The monoisotopic (exact) mass is 259 g/mol. The Morgan fingerprint density at radius 1 is 1.38 bits per heavy atom. The maximum absolute atomic E-state index is 11.0. The SMILES string of the molecule is CC(=O)N(C)C(N)=Nc1c(Cl)cccc1Cl. The zero-order valence-electron chi connectivity index (χ0n) is 8.87. The van der Waals surface area contributed by atoms with E-state index in [1.54, 1.807) is 18.2 Å². The fourth-order valence-electron chi connectivity index (χ4n) is 0.947. The Kier molecular flexibility index (Phi) is 4.15. The highest BCUT2D eigenvalue weighted by Gasteiger charge is 2.09.